The summed E-state index contributed by atoms with van der Waals surface area (Å²) in [5, 5.41) is 8.97. The van der Waals surface area contributed by atoms with E-state index in [4.69, 9.17) is 11.6 Å². The molecule has 1 aliphatic carbocycles. The van der Waals surface area contributed by atoms with Crippen molar-refractivity contribution in [3.05, 3.63) is 16.9 Å². The van der Waals surface area contributed by atoms with Crippen LogP contribution in [0.1, 0.15) is 50.8 Å². The summed E-state index contributed by atoms with van der Waals surface area (Å²) in [5.74, 6) is 0.854. The van der Waals surface area contributed by atoms with Crippen LogP contribution in [-0.4, -0.2) is 41.9 Å². The molecule has 1 fully saturated rings. The fourth-order valence-corrected chi connectivity index (χ4v) is 3.14. The first kappa shape index (κ1) is 16.8. The molecule has 21 heavy (non-hydrogen) atoms. The van der Waals surface area contributed by atoms with Crippen LogP contribution >= 0.6 is 11.6 Å². The Morgan fingerprint density at radius 1 is 1.48 bits per heavy atom. The third kappa shape index (κ3) is 4.70. The molecule has 1 heterocycles. The Morgan fingerprint density at radius 2 is 2.24 bits per heavy atom. The first-order valence-corrected chi connectivity index (χ1v) is 8.59. The van der Waals surface area contributed by atoms with Gasteiger partial charge in [-0.3, -0.25) is 4.68 Å². The van der Waals surface area contributed by atoms with Gasteiger partial charge in [-0.1, -0.05) is 37.8 Å². The van der Waals surface area contributed by atoms with Gasteiger partial charge in [0.2, 0.25) is 0 Å². The van der Waals surface area contributed by atoms with Gasteiger partial charge in [-0.05, 0) is 39.4 Å². The minimum absolute atomic E-state index is 0.340. The summed E-state index contributed by atoms with van der Waals surface area (Å²) >= 11 is 6.44. The number of nitrogens with zero attached hydrogens (tertiary/aromatic N) is 3. The van der Waals surface area contributed by atoms with Crippen LogP contribution in [0.5, 0.6) is 0 Å². The van der Waals surface area contributed by atoms with Crippen molar-refractivity contribution >= 4 is 11.6 Å². The molecular weight excluding hydrogens is 284 g/mol. The van der Waals surface area contributed by atoms with E-state index in [1.54, 1.807) is 6.20 Å². The van der Waals surface area contributed by atoms with Gasteiger partial charge in [0.1, 0.15) is 0 Å². The summed E-state index contributed by atoms with van der Waals surface area (Å²) in [6.45, 7) is 5.11. The minimum atomic E-state index is 0.340. The molecule has 0 aliphatic heterocycles. The predicted octanol–water partition coefficient (Wildman–Crippen LogP) is 3.33. The average molecular weight is 313 g/mol. The Kier molecular flexibility index (Phi) is 6.52. The molecule has 0 radical (unpaired) electrons. The van der Waals surface area contributed by atoms with E-state index in [9.17, 15) is 0 Å². The van der Waals surface area contributed by atoms with Crippen molar-refractivity contribution in [2.75, 3.05) is 27.2 Å². The van der Waals surface area contributed by atoms with Crippen LogP contribution in [0, 0.1) is 5.92 Å². The van der Waals surface area contributed by atoms with E-state index in [-0.39, 0.29) is 0 Å². The Morgan fingerprint density at radius 3 is 2.81 bits per heavy atom. The maximum atomic E-state index is 6.44. The molecule has 1 unspecified atom stereocenters. The van der Waals surface area contributed by atoms with Crippen molar-refractivity contribution in [1.29, 1.82) is 0 Å². The highest BCUT2D eigenvalue weighted by atomic mass is 35.5. The van der Waals surface area contributed by atoms with E-state index >= 15 is 0 Å². The highest BCUT2D eigenvalue weighted by Gasteiger charge is 2.26. The van der Waals surface area contributed by atoms with Gasteiger partial charge in [-0.15, -0.1) is 0 Å². The van der Waals surface area contributed by atoms with Crippen molar-refractivity contribution in [2.24, 2.45) is 5.92 Å². The number of aromatic nitrogens is 2. The molecular formula is C16H29ClN4. The minimum Gasteiger partial charge on any atom is -0.309 e. The molecule has 1 N–H and O–H groups in total. The number of hydrogen-bond donors (Lipinski definition) is 1. The van der Waals surface area contributed by atoms with Crippen LogP contribution in [-0.2, 0) is 6.54 Å². The highest BCUT2D eigenvalue weighted by Crippen LogP contribution is 2.36. The summed E-state index contributed by atoms with van der Waals surface area (Å²) in [6.07, 6.45) is 8.26. The zero-order valence-electron chi connectivity index (χ0n) is 13.6. The Bertz CT molecular complexity index is 426. The lowest BCUT2D eigenvalue weighted by atomic mass is 9.80. The monoisotopic (exact) mass is 312 g/mol. The second-order valence-corrected chi connectivity index (χ2v) is 6.85. The zero-order chi connectivity index (χ0) is 15.2. The third-order valence-electron chi connectivity index (χ3n) is 4.36. The SMILES string of the molecule is CCCNC(CC1CCC1)c1c(Cl)cnn1CCN(C)C. The molecule has 0 spiro atoms. The highest BCUT2D eigenvalue weighted by molar-refractivity contribution is 6.31. The maximum absolute atomic E-state index is 6.44. The number of rotatable bonds is 9. The Labute approximate surface area is 133 Å². The smallest absolute Gasteiger partial charge is 0.0834 e. The molecule has 1 aliphatic rings. The summed E-state index contributed by atoms with van der Waals surface area (Å²) in [5.41, 5.74) is 1.18. The summed E-state index contributed by atoms with van der Waals surface area (Å²) in [6, 6.07) is 0.340. The molecule has 0 aromatic carbocycles. The standard InChI is InChI=1S/C16H29ClN4/c1-4-8-18-15(11-13-6-5-7-13)16-14(17)12-19-21(16)10-9-20(2)3/h12-13,15,18H,4-11H2,1-3H3. The van der Waals surface area contributed by atoms with Crippen LogP contribution in [0.25, 0.3) is 0 Å². The molecule has 5 heteroatoms. The van der Waals surface area contributed by atoms with E-state index in [0.29, 0.717) is 6.04 Å². The van der Waals surface area contributed by atoms with Gasteiger partial charge in [-0.25, -0.2) is 0 Å². The molecule has 1 atom stereocenters. The largest absolute Gasteiger partial charge is 0.309 e. The molecule has 120 valence electrons. The topological polar surface area (TPSA) is 33.1 Å². The molecule has 1 saturated carbocycles. The Hall–Kier alpha value is -0.580. The first-order chi connectivity index (χ1) is 10.1. The fraction of sp³-hybridized carbons (Fsp3) is 0.812. The summed E-state index contributed by atoms with van der Waals surface area (Å²) in [7, 11) is 4.18. The Balaban J connectivity index is 2.10. The maximum Gasteiger partial charge on any atom is 0.0834 e. The van der Waals surface area contributed by atoms with E-state index in [0.717, 1.165) is 37.0 Å². The van der Waals surface area contributed by atoms with Crippen LogP contribution in [0.3, 0.4) is 0 Å². The quantitative estimate of drug-likeness (QED) is 0.759. The zero-order valence-corrected chi connectivity index (χ0v) is 14.4. The molecule has 4 nitrogen and oxygen atoms in total. The van der Waals surface area contributed by atoms with Crippen LogP contribution in [0.4, 0.5) is 0 Å². The van der Waals surface area contributed by atoms with Crippen molar-refractivity contribution in [2.45, 2.75) is 51.6 Å². The second-order valence-electron chi connectivity index (χ2n) is 6.44. The lowest BCUT2D eigenvalue weighted by Gasteiger charge is -2.31. The second kappa shape index (κ2) is 8.16. The van der Waals surface area contributed by atoms with Crippen molar-refractivity contribution in [1.82, 2.24) is 20.0 Å². The number of nitrogens with one attached hydrogen (secondary N) is 1. The number of hydrogen-bond acceptors (Lipinski definition) is 3. The molecule has 2 rings (SSSR count). The lowest BCUT2D eigenvalue weighted by Crippen LogP contribution is -2.30. The van der Waals surface area contributed by atoms with Gasteiger partial charge in [0.25, 0.3) is 0 Å². The van der Waals surface area contributed by atoms with E-state index in [1.165, 1.54) is 31.4 Å². The van der Waals surface area contributed by atoms with Gasteiger partial charge >= 0.3 is 0 Å². The van der Waals surface area contributed by atoms with E-state index in [1.807, 2.05) is 0 Å². The first-order valence-electron chi connectivity index (χ1n) is 8.21. The lowest BCUT2D eigenvalue weighted by molar-refractivity contribution is 0.254. The van der Waals surface area contributed by atoms with E-state index in [2.05, 4.69) is 41.0 Å². The van der Waals surface area contributed by atoms with E-state index < -0.39 is 0 Å². The molecule has 1 aromatic heterocycles. The summed E-state index contributed by atoms with van der Waals surface area (Å²) < 4.78 is 2.09. The number of likely N-dealkylation sites (N-methyl/N-ethyl adjacent to an activating group) is 1. The number of halogens is 1. The van der Waals surface area contributed by atoms with Crippen molar-refractivity contribution < 1.29 is 0 Å². The molecule has 0 amide bonds. The molecule has 0 bridgehead atoms. The molecule has 1 aromatic rings. The van der Waals surface area contributed by atoms with Gasteiger partial charge in [0, 0.05) is 6.54 Å². The average Bonchev–Trinajstić information content (AvgIpc) is 2.76. The van der Waals surface area contributed by atoms with Gasteiger partial charge in [0.05, 0.1) is 29.5 Å². The van der Waals surface area contributed by atoms with Gasteiger partial charge in [0.15, 0.2) is 0 Å². The van der Waals surface area contributed by atoms with Crippen molar-refractivity contribution in [3.63, 3.8) is 0 Å². The fourth-order valence-electron chi connectivity index (χ4n) is 2.86. The van der Waals surface area contributed by atoms with Crippen molar-refractivity contribution in [3.8, 4) is 0 Å². The molecule has 0 saturated heterocycles. The van der Waals surface area contributed by atoms with Gasteiger partial charge < -0.3 is 10.2 Å². The van der Waals surface area contributed by atoms with Crippen LogP contribution in [0.15, 0.2) is 6.20 Å². The summed E-state index contributed by atoms with van der Waals surface area (Å²) in [4.78, 5) is 2.18. The third-order valence-corrected chi connectivity index (χ3v) is 4.65. The predicted molar refractivity (Wildman–Crippen MR) is 88.8 cm³/mol. The normalized spacial score (nSPS) is 17.2. The van der Waals surface area contributed by atoms with Crippen LogP contribution in [0.2, 0.25) is 5.02 Å². The van der Waals surface area contributed by atoms with Crippen LogP contribution < -0.4 is 5.32 Å². The van der Waals surface area contributed by atoms with Gasteiger partial charge in [-0.2, -0.15) is 5.10 Å².